The van der Waals surface area contributed by atoms with E-state index in [1.165, 1.54) is 33.3 Å². The number of hydrogen-bond acceptors (Lipinski definition) is 7. The molecule has 2 aromatic rings. The van der Waals surface area contributed by atoms with Crippen LogP contribution >= 0.6 is 0 Å². The van der Waals surface area contributed by atoms with Gasteiger partial charge in [-0.1, -0.05) is 12.1 Å². The number of fused-ring (bicyclic) bond motifs is 1. The highest BCUT2D eigenvalue weighted by Crippen LogP contribution is 2.34. The summed E-state index contributed by atoms with van der Waals surface area (Å²) in [5.41, 5.74) is 1.05. The molecule has 0 radical (unpaired) electrons. The van der Waals surface area contributed by atoms with Gasteiger partial charge in [0.05, 0.1) is 43.2 Å². The standard InChI is InChI=1S/C22H22N2O7/c1-13(25)23-17-12-19(30-3)18(29-2)11-16(17)22(28)31-10-6-9-24-20(26)14-7-4-5-8-15(14)21(24)27/h4-5,7-8,11-12H,6,9-10H2,1-3H3,(H,23,25). The van der Waals surface area contributed by atoms with Gasteiger partial charge in [0.2, 0.25) is 5.91 Å². The molecule has 162 valence electrons. The van der Waals surface area contributed by atoms with Crippen LogP contribution in [0.4, 0.5) is 5.69 Å². The molecule has 1 N–H and O–H groups in total. The summed E-state index contributed by atoms with van der Waals surface area (Å²) in [7, 11) is 2.86. The van der Waals surface area contributed by atoms with Gasteiger partial charge < -0.3 is 19.5 Å². The Kier molecular flexibility index (Phi) is 6.54. The minimum atomic E-state index is -0.688. The largest absolute Gasteiger partial charge is 0.493 e. The Bertz CT molecular complexity index is 1010. The van der Waals surface area contributed by atoms with Crippen molar-refractivity contribution in [3.05, 3.63) is 53.1 Å². The molecule has 2 aromatic carbocycles. The maximum absolute atomic E-state index is 12.6. The van der Waals surface area contributed by atoms with E-state index in [9.17, 15) is 19.2 Å². The van der Waals surface area contributed by atoms with Gasteiger partial charge in [-0.3, -0.25) is 19.3 Å². The van der Waals surface area contributed by atoms with E-state index in [1.54, 1.807) is 24.3 Å². The SMILES string of the molecule is COc1cc(NC(C)=O)c(C(=O)OCCCN2C(=O)c3ccccc3C2=O)cc1OC. The lowest BCUT2D eigenvalue weighted by molar-refractivity contribution is -0.114. The Balaban J connectivity index is 1.64. The molecule has 9 nitrogen and oxygen atoms in total. The van der Waals surface area contributed by atoms with Crippen molar-refractivity contribution in [2.75, 3.05) is 32.7 Å². The van der Waals surface area contributed by atoms with Crippen LogP contribution in [0.25, 0.3) is 0 Å². The number of carbonyl (C=O) groups excluding carboxylic acids is 4. The molecule has 0 fully saturated rings. The van der Waals surface area contributed by atoms with E-state index in [2.05, 4.69) is 5.32 Å². The zero-order valence-electron chi connectivity index (χ0n) is 17.4. The van der Waals surface area contributed by atoms with E-state index < -0.39 is 5.97 Å². The fourth-order valence-electron chi connectivity index (χ4n) is 3.25. The molecular formula is C22H22N2O7. The predicted molar refractivity (Wildman–Crippen MR) is 111 cm³/mol. The molecule has 1 aliphatic rings. The lowest BCUT2D eigenvalue weighted by atomic mass is 10.1. The fourth-order valence-corrected chi connectivity index (χ4v) is 3.25. The predicted octanol–water partition coefficient (Wildman–Crippen LogP) is 2.51. The number of nitrogens with zero attached hydrogens (tertiary/aromatic N) is 1. The molecule has 0 unspecified atom stereocenters. The Hall–Kier alpha value is -3.88. The van der Waals surface area contributed by atoms with E-state index in [0.717, 1.165) is 4.90 Å². The summed E-state index contributed by atoms with van der Waals surface area (Å²) in [4.78, 5) is 50.0. The van der Waals surface area contributed by atoms with E-state index in [-0.39, 0.29) is 48.5 Å². The van der Waals surface area contributed by atoms with Gasteiger partial charge in [0, 0.05) is 25.6 Å². The number of methoxy groups -OCH3 is 2. The lowest BCUT2D eigenvalue weighted by Crippen LogP contribution is -2.31. The summed E-state index contributed by atoms with van der Waals surface area (Å²) in [5, 5.41) is 2.56. The summed E-state index contributed by atoms with van der Waals surface area (Å²) in [5.74, 6) is -1.14. The third-order valence-corrected chi connectivity index (χ3v) is 4.69. The van der Waals surface area contributed by atoms with Crippen molar-refractivity contribution >= 4 is 29.4 Å². The van der Waals surface area contributed by atoms with Crippen LogP contribution in [0.2, 0.25) is 0 Å². The lowest BCUT2D eigenvalue weighted by Gasteiger charge is -2.16. The van der Waals surface area contributed by atoms with Crippen molar-refractivity contribution in [3.63, 3.8) is 0 Å². The molecule has 0 spiro atoms. The number of nitrogens with one attached hydrogen (secondary N) is 1. The second-order valence-corrected chi connectivity index (χ2v) is 6.73. The zero-order valence-corrected chi connectivity index (χ0v) is 17.4. The molecule has 0 aliphatic carbocycles. The first-order chi connectivity index (χ1) is 14.9. The number of rotatable bonds is 8. The van der Waals surface area contributed by atoms with Gasteiger partial charge in [0.25, 0.3) is 11.8 Å². The van der Waals surface area contributed by atoms with Gasteiger partial charge in [-0.15, -0.1) is 0 Å². The summed E-state index contributed by atoms with van der Waals surface area (Å²) < 4.78 is 15.7. The molecule has 0 bridgehead atoms. The highest BCUT2D eigenvalue weighted by Gasteiger charge is 2.34. The van der Waals surface area contributed by atoms with Gasteiger partial charge in [-0.05, 0) is 18.6 Å². The molecule has 9 heteroatoms. The normalized spacial score (nSPS) is 12.4. The number of carbonyl (C=O) groups is 4. The first kappa shape index (κ1) is 21.8. The highest BCUT2D eigenvalue weighted by molar-refractivity contribution is 6.21. The van der Waals surface area contributed by atoms with Crippen LogP contribution in [0.15, 0.2) is 36.4 Å². The van der Waals surface area contributed by atoms with Crippen LogP contribution in [0.1, 0.15) is 44.4 Å². The molecule has 0 saturated carbocycles. The Morgan fingerprint density at radius 3 is 2.10 bits per heavy atom. The molecule has 0 atom stereocenters. The van der Waals surface area contributed by atoms with Gasteiger partial charge in [0.1, 0.15) is 0 Å². The number of benzene rings is 2. The monoisotopic (exact) mass is 426 g/mol. The van der Waals surface area contributed by atoms with Crippen LogP contribution in [-0.4, -0.2) is 56.0 Å². The molecule has 0 aromatic heterocycles. The van der Waals surface area contributed by atoms with Crippen molar-refractivity contribution in [2.45, 2.75) is 13.3 Å². The Morgan fingerprint density at radius 1 is 0.968 bits per heavy atom. The first-order valence-corrected chi connectivity index (χ1v) is 9.53. The molecule has 3 amide bonds. The molecule has 3 rings (SSSR count). The van der Waals surface area contributed by atoms with Crippen LogP contribution in [0.5, 0.6) is 11.5 Å². The third-order valence-electron chi connectivity index (χ3n) is 4.69. The van der Waals surface area contributed by atoms with Crippen LogP contribution in [0, 0.1) is 0 Å². The number of amides is 3. The van der Waals surface area contributed by atoms with Gasteiger partial charge in [-0.25, -0.2) is 4.79 Å². The summed E-state index contributed by atoms with van der Waals surface area (Å²) >= 11 is 0. The number of hydrogen-bond donors (Lipinski definition) is 1. The fraction of sp³-hybridized carbons (Fsp3) is 0.273. The summed E-state index contributed by atoms with van der Waals surface area (Å²) in [6.07, 6.45) is 0.264. The second-order valence-electron chi connectivity index (χ2n) is 6.73. The maximum atomic E-state index is 12.6. The minimum Gasteiger partial charge on any atom is -0.493 e. The number of esters is 1. The average Bonchev–Trinajstić information content (AvgIpc) is 3.00. The first-order valence-electron chi connectivity index (χ1n) is 9.53. The van der Waals surface area contributed by atoms with E-state index in [4.69, 9.17) is 14.2 Å². The van der Waals surface area contributed by atoms with Crippen LogP contribution in [0.3, 0.4) is 0 Å². The smallest absolute Gasteiger partial charge is 0.340 e. The molecule has 1 aliphatic heterocycles. The van der Waals surface area contributed by atoms with Crippen LogP contribution in [-0.2, 0) is 9.53 Å². The third kappa shape index (κ3) is 4.50. The van der Waals surface area contributed by atoms with Crippen molar-refractivity contribution in [1.82, 2.24) is 4.90 Å². The van der Waals surface area contributed by atoms with Crippen molar-refractivity contribution in [3.8, 4) is 11.5 Å². The van der Waals surface area contributed by atoms with E-state index >= 15 is 0 Å². The average molecular weight is 426 g/mol. The van der Waals surface area contributed by atoms with E-state index in [0.29, 0.717) is 22.6 Å². The summed E-state index contributed by atoms with van der Waals surface area (Å²) in [6.45, 7) is 1.40. The minimum absolute atomic E-state index is 0.0277. The Morgan fingerprint density at radius 2 is 1.55 bits per heavy atom. The quantitative estimate of drug-likeness (QED) is 0.392. The van der Waals surface area contributed by atoms with E-state index in [1.807, 2.05) is 0 Å². The van der Waals surface area contributed by atoms with Crippen LogP contribution < -0.4 is 14.8 Å². The molecule has 0 saturated heterocycles. The van der Waals surface area contributed by atoms with Crippen molar-refractivity contribution < 1.29 is 33.4 Å². The van der Waals surface area contributed by atoms with Crippen molar-refractivity contribution in [2.24, 2.45) is 0 Å². The maximum Gasteiger partial charge on any atom is 0.340 e. The number of imide groups is 1. The zero-order chi connectivity index (χ0) is 22.5. The topological polar surface area (TPSA) is 111 Å². The number of ether oxygens (including phenoxy) is 3. The molecular weight excluding hydrogens is 404 g/mol. The molecule has 31 heavy (non-hydrogen) atoms. The summed E-state index contributed by atoms with van der Waals surface area (Å²) in [6, 6.07) is 9.49. The van der Waals surface area contributed by atoms with Gasteiger partial charge in [-0.2, -0.15) is 0 Å². The van der Waals surface area contributed by atoms with Gasteiger partial charge in [0.15, 0.2) is 11.5 Å². The van der Waals surface area contributed by atoms with Crippen molar-refractivity contribution in [1.29, 1.82) is 0 Å². The van der Waals surface area contributed by atoms with Gasteiger partial charge >= 0.3 is 5.97 Å². The highest BCUT2D eigenvalue weighted by atomic mass is 16.5. The second kappa shape index (κ2) is 9.29. The Labute approximate surface area is 178 Å². The number of anilines is 1. The molecule has 1 heterocycles.